The van der Waals surface area contributed by atoms with Gasteiger partial charge in [0.1, 0.15) is 11.3 Å². The number of nitrogens with zero attached hydrogens (tertiary/aromatic N) is 1. The Hall–Kier alpha value is -2.65. The normalized spacial score (nSPS) is 29.3. The molecule has 2 fully saturated rings. The number of methoxy groups -OCH3 is 1. The van der Waals surface area contributed by atoms with Gasteiger partial charge in [0.05, 0.1) is 30.8 Å². The van der Waals surface area contributed by atoms with Crippen LogP contribution < -0.4 is 10.1 Å². The molecule has 9 heteroatoms. The molecule has 2 aliphatic rings. The summed E-state index contributed by atoms with van der Waals surface area (Å²) >= 11 is 0. The van der Waals surface area contributed by atoms with Crippen LogP contribution in [0.4, 0.5) is 4.79 Å². The first-order chi connectivity index (χ1) is 13.1. The molecule has 0 unspecified atom stereocenters. The van der Waals surface area contributed by atoms with E-state index in [4.69, 9.17) is 4.74 Å². The number of imide groups is 1. The molecule has 0 aromatic heterocycles. The fourth-order valence-electron chi connectivity index (χ4n) is 3.88. The quantitative estimate of drug-likeness (QED) is 0.731. The third-order valence-corrected chi connectivity index (χ3v) is 7.17. The summed E-state index contributed by atoms with van der Waals surface area (Å²) in [5.41, 5.74) is -0.779. The van der Waals surface area contributed by atoms with Gasteiger partial charge in [-0.3, -0.25) is 9.69 Å². The van der Waals surface area contributed by atoms with E-state index in [1.54, 1.807) is 32.2 Å². The zero-order chi connectivity index (χ0) is 20.3. The molecule has 2 N–H and O–H groups in total. The molecule has 0 aliphatic carbocycles. The lowest BCUT2D eigenvalue weighted by molar-refractivity contribution is -0.133. The molecule has 0 bridgehead atoms. The molecule has 0 radical (unpaired) electrons. The average Bonchev–Trinajstić information content (AvgIpc) is 3.05. The highest BCUT2D eigenvalue weighted by Gasteiger charge is 2.55. The number of carbonyl (C=O) groups excluding carboxylic acids is 2. The van der Waals surface area contributed by atoms with Gasteiger partial charge in [-0.1, -0.05) is 18.2 Å². The number of hydrogen-bond donors (Lipinski definition) is 2. The summed E-state index contributed by atoms with van der Waals surface area (Å²) in [5.74, 6) is -0.754. The van der Waals surface area contributed by atoms with E-state index in [0.29, 0.717) is 11.3 Å². The van der Waals surface area contributed by atoms with Gasteiger partial charge in [-0.05, 0) is 41.5 Å². The van der Waals surface area contributed by atoms with Gasteiger partial charge >= 0.3 is 6.03 Å². The Labute approximate surface area is 162 Å². The highest BCUT2D eigenvalue weighted by Crippen LogP contribution is 2.34. The first-order valence-corrected chi connectivity index (χ1v) is 10.6. The van der Waals surface area contributed by atoms with Crippen LogP contribution >= 0.6 is 0 Å². The summed E-state index contributed by atoms with van der Waals surface area (Å²) in [6, 6.07) is 9.11. The van der Waals surface area contributed by atoms with Crippen LogP contribution in [0.1, 0.15) is 12.5 Å². The SMILES string of the molecule is COc1ccc2cc([C@]3(C)NC(=O)N([C@H]4CS(=O)(=O)C[C@@H]4O)C3=O)ccc2c1. The highest BCUT2D eigenvalue weighted by molar-refractivity contribution is 7.91. The van der Waals surface area contributed by atoms with E-state index in [9.17, 15) is 23.1 Å². The molecule has 0 saturated carbocycles. The number of benzene rings is 2. The maximum absolute atomic E-state index is 13.1. The zero-order valence-corrected chi connectivity index (χ0v) is 16.2. The van der Waals surface area contributed by atoms with Crippen molar-refractivity contribution in [2.75, 3.05) is 18.6 Å². The Morgan fingerprint density at radius 2 is 1.82 bits per heavy atom. The number of sulfone groups is 1. The van der Waals surface area contributed by atoms with Crippen LogP contribution in [0.2, 0.25) is 0 Å². The largest absolute Gasteiger partial charge is 0.497 e. The van der Waals surface area contributed by atoms with E-state index in [1.807, 2.05) is 18.2 Å². The number of hydrogen-bond acceptors (Lipinski definition) is 6. The van der Waals surface area contributed by atoms with Crippen molar-refractivity contribution in [1.82, 2.24) is 10.2 Å². The fourth-order valence-corrected chi connectivity index (χ4v) is 5.65. The number of rotatable bonds is 3. The molecule has 2 aromatic carbocycles. The summed E-state index contributed by atoms with van der Waals surface area (Å²) in [6.07, 6.45) is -1.29. The second kappa shape index (κ2) is 6.18. The number of fused-ring (bicyclic) bond motifs is 1. The Morgan fingerprint density at radius 1 is 1.14 bits per heavy atom. The number of ether oxygens (including phenoxy) is 1. The van der Waals surface area contributed by atoms with Crippen molar-refractivity contribution >= 4 is 32.5 Å². The molecule has 8 nitrogen and oxygen atoms in total. The Bertz CT molecular complexity index is 1100. The molecule has 4 rings (SSSR count). The van der Waals surface area contributed by atoms with E-state index in [0.717, 1.165) is 15.7 Å². The predicted molar refractivity (Wildman–Crippen MR) is 102 cm³/mol. The minimum atomic E-state index is -3.50. The molecule has 28 heavy (non-hydrogen) atoms. The lowest BCUT2D eigenvalue weighted by Gasteiger charge is -2.26. The average molecular weight is 404 g/mol. The maximum Gasteiger partial charge on any atom is 0.325 e. The summed E-state index contributed by atoms with van der Waals surface area (Å²) in [6.45, 7) is 1.58. The molecule has 2 heterocycles. The summed E-state index contributed by atoms with van der Waals surface area (Å²) in [7, 11) is -1.92. The van der Waals surface area contributed by atoms with Gasteiger partial charge in [-0.2, -0.15) is 0 Å². The van der Waals surface area contributed by atoms with Crippen LogP contribution in [0, 0.1) is 0 Å². The van der Waals surface area contributed by atoms with Crippen molar-refractivity contribution in [3.63, 3.8) is 0 Å². The third-order valence-electron chi connectivity index (χ3n) is 5.47. The number of aliphatic hydroxyl groups excluding tert-OH is 1. The van der Waals surface area contributed by atoms with Gasteiger partial charge in [0.2, 0.25) is 0 Å². The topological polar surface area (TPSA) is 113 Å². The minimum absolute atomic E-state index is 0.430. The van der Waals surface area contributed by atoms with Crippen LogP contribution in [-0.2, 0) is 20.2 Å². The molecule has 3 amide bonds. The van der Waals surface area contributed by atoms with Crippen molar-refractivity contribution < 1.29 is 27.9 Å². The molecular weight excluding hydrogens is 384 g/mol. The van der Waals surface area contributed by atoms with Gasteiger partial charge in [-0.15, -0.1) is 0 Å². The fraction of sp³-hybridized carbons (Fsp3) is 0.368. The second-order valence-corrected chi connectivity index (χ2v) is 9.52. The summed E-state index contributed by atoms with van der Waals surface area (Å²) < 4.78 is 28.8. The monoisotopic (exact) mass is 404 g/mol. The van der Waals surface area contributed by atoms with Gasteiger partial charge < -0.3 is 15.2 Å². The lowest BCUT2D eigenvalue weighted by Crippen LogP contribution is -2.48. The van der Waals surface area contributed by atoms with Gasteiger partial charge in [-0.25, -0.2) is 13.2 Å². The summed E-state index contributed by atoms with van der Waals surface area (Å²) in [4.78, 5) is 26.5. The number of aliphatic hydroxyl groups is 1. The predicted octanol–water partition coefficient (Wildman–Crippen LogP) is 0.773. The Morgan fingerprint density at radius 3 is 2.46 bits per heavy atom. The smallest absolute Gasteiger partial charge is 0.325 e. The summed E-state index contributed by atoms with van der Waals surface area (Å²) in [5, 5.41) is 14.5. The van der Waals surface area contributed by atoms with Crippen LogP contribution in [-0.4, -0.2) is 61.1 Å². The van der Waals surface area contributed by atoms with Crippen LogP contribution in [0.25, 0.3) is 10.8 Å². The van der Waals surface area contributed by atoms with E-state index in [1.165, 1.54) is 0 Å². The zero-order valence-electron chi connectivity index (χ0n) is 15.4. The first kappa shape index (κ1) is 18.7. The van der Waals surface area contributed by atoms with Crippen LogP contribution in [0.3, 0.4) is 0 Å². The number of carbonyl (C=O) groups is 2. The molecule has 2 aliphatic heterocycles. The van der Waals surface area contributed by atoms with Gasteiger partial charge in [0.25, 0.3) is 5.91 Å². The maximum atomic E-state index is 13.1. The van der Waals surface area contributed by atoms with E-state index < -0.39 is 51.0 Å². The Kier molecular flexibility index (Phi) is 4.13. The molecule has 3 atom stereocenters. The number of nitrogens with one attached hydrogen (secondary N) is 1. The number of amides is 3. The molecular formula is C19H20N2O6S. The highest BCUT2D eigenvalue weighted by atomic mass is 32.2. The molecule has 148 valence electrons. The first-order valence-electron chi connectivity index (χ1n) is 8.77. The minimum Gasteiger partial charge on any atom is -0.497 e. The van der Waals surface area contributed by atoms with Crippen molar-refractivity contribution in [3.05, 3.63) is 42.0 Å². The van der Waals surface area contributed by atoms with E-state index in [2.05, 4.69) is 5.32 Å². The van der Waals surface area contributed by atoms with Crippen molar-refractivity contribution in [2.24, 2.45) is 0 Å². The molecule has 2 aromatic rings. The standard InChI is InChI=1S/C19H20N2O6S/c1-19(13-5-3-12-8-14(27-2)6-4-11(12)7-13)17(23)21(18(24)20-19)15-9-28(25,26)10-16(15)22/h3-8,15-16,22H,9-10H2,1-2H3,(H,20,24)/t15-,16-,19-/m0/s1. The lowest BCUT2D eigenvalue weighted by atomic mass is 9.90. The van der Waals surface area contributed by atoms with Crippen LogP contribution in [0.5, 0.6) is 5.75 Å². The van der Waals surface area contributed by atoms with Gasteiger partial charge in [0.15, 0.2) is 9.84 Å². The van der Waals surface area contributed by atoms with Crippen molar-refractivity contribution in [1.29, 1.82) is 0 Å². The molecule has 0 spiro atoms. The van der Waals surface area contributed by atoms with Crippen LogP contribution in [0.15, 0.2) is 36.4 Å². The van der Waals surface area contributed by atoms with Crippen molar-refractivity contribution in [3.8, 4) is 5.75 Å². The number of urea groups is 1. The third kappa shape index (κ3) is 2.82. The Balaban J connectivity index is 1.71. The second-order valence-electron chi connectivity index (χ2n) is 7.37. The van der Waals surface area contributed by atoms with E-state index in [-0.39, 0.29) is 0 Å². The van der Waals surface area contributed by atoms with Crippen molar-refractivity contribution in [2.45, 2.75) is 24.6 Å². The van der Waals surface area contributed by atoms with E-state index >= 15 is 0 Å². The van der Waals surface area contributed by atoms with Gasteiger partial charge in [0, 0.05) is 0 Å². The molecule has 2 saturated heterocycles.